The van der Waals surface area contributed by atoms with Crippen molar-refractivity contribution in [2.75, 3.05) is 10.6 Å². The van der Waals surface area contributed by atoms with Crippen LogP contribution in [0.2, 0.25) is 5.02 Å². The summed E-state index contributed by atoms with van der Waals surface area (Å²) in [6, 6.07) is 17.0. The van der Waals surface area contributed by atoms with E-state index in [2.05, 4.69) is 27.5 Å². The SMILES string of the molecule is CCc1ccc(NC(=O)c2cc(C)nc(NCc3ccccc3Cl)n2)cc1. The second-order valence-electron chi connectivity index (χ2n) is 6.17. The van der Waals surface area contributed by atoms with E-state index in [-0.39, 0.29) is 5.91 Å². The van der Waals surface area contributed by atoms with Crippen LogP contribution in [0.15, 0.2) is 54.6 Å². The van der Waals surface area contributed by atoms with Gasteiger partial charge in [0.2, 0.25) is 5.95 Å². The lowest BCUT2D eigenvalue weighted by Crippen LogP contribution is -2.16. The third-order valence-corrected chi connectivity index (χ3v) is 4.47. The summed E-state index contributed by atoms with van der Waals surface area (Å²) in [6.07, 6.45) is 0.958. The molecule has 0 aliphatic rings. The number of anilines is 2. The van der Waals surface area contributed by atoms with E-state index in [1.54, 1.807) is 6.07 Å². The lowest BCUT2D eigenvalue weighted by molar-refractivity contribution is 0.102. The summed E-state index contributed by atoms with van der Waals surface area (Å²) in [5.74, 6) is 0.118. The van der Waals surface area contributed by atoms with Crippen molar-refractivity contribution in [2.45, 2.75) is 26.8 Å². The topological polar surface area (TPSA) is 66.9 Å². The third kappa shape index (κ3) is 5.05. The Balaban J connectivity index is 1.71. The molecular weight excluding hydrogens is 360 g/mol. The molecule has 0 unspecified atom stereocenters. The molecule has 0 aliphatic carbocycles. The molecule has 1 aromatic heterocycles. The van der Waals surface area contributed by atoms with E-state index in [1.807, 2.05) is 55.5 Å². The molecule has 27 heavy (non-hydrogen) atoms. The van der Waals surface area contributed by atoms with Crippen LogP contribution in [-0.2, 0) is 13.0 Å². The number of hydrogen-bond acceptors (Lipinski definition) is 4. The molecule has 3 aromatic rings. The Bertz CT molecular complexity index is 941. The van der Waals surface area contributed by atoms with Crippen molar-refractivity contribution in [3.8, 4) is 0 Å². The molecule has 3 rings (SSSR count). The Morgan fingerprint density at radius 2 is 1.81 bits per heavy atom. The Kier molecular flexibility index (Phi) is 6.04. The zero-order valence-electron chi connectivity index (χ0n) is 15.3. The zero-order valence-corrected chi connectivity index (χ0v) is 16.0. The molecule has 1 amide bonds. The molecule has 138 valence electrons. The van der Waals surface area contributed by atoms with E-state index in [0.717, 1.165) is 17.7 Å². The number of carbonyl (C=O) groups is 1. The van der Waals surface area contributed by atoms with Gasteiger partial charge in [0.25, 0.3) is 5.91 Å². The van der Waals surface area contributed by atoms with Crippen molar-refractivity contribution in [3.63, 3.8) is 0 Å². The van der Waals surface area contributed by atoms with Gasteiger partial charge in [-0.1, -0.05) is 48.9 Å². The number of aryl methyl sites for hydroxylation is 2. The maximum absolute atomic E-state index is 12.6. The normalized spacial score (nSPS) is 10.5. The maximum atomic E-state index is 12.6. The molecule has 0 spiro atoms. The van der Waals surface area contributed by atoms with Gasteiger partial charge >= 0.3 is 0 Å². The maximum Gasteiger partial charge on any atom is 0.274 e. The first-order valence-corrected chi connectivity index (χ1v) is 9.16. The molecular formula is C21H21ClN4O. The summed E-state index contributed by atoms with van der Waals surface area (Å²) >= 11 is 6.17. The fraction of sp³-hybridized carbons (Fsp3) is 0.190. The van der Waals surface area contributed by atoms with Gasteiger partial charge in [0.15, 0.2) is 0 Å². The number of rotatable bonds is 6. The quantitative estimate of drug-likeness (QED) is 0.640. The number of carbonyl (C=O) groups excluding carboxylic acids is 1. The van der Waals surface area contributed by atoms with Gasteiger partial charge in [0.1, 0.15) is 5.69 Å². The van der Waals surface area contributed by atoms with Crippen molar-refractivity contribution in [1.29, 1.82) is 0 Å². The van der Waals surface area contributed by atoms with E-state index in [1.165, 1.54) is 5.56 Å². The molecule has 0 atom stereocenters. The molecule has 0 bridgehead atoms. The van der Waals surface area contributed by atoms with Crippen LogP contribution >= 0.6 is 11.6 Å². The van der Waals surface area contributed by atoms with Crippen LogP contribution in [0.4, 0.5) is 11.6 Å². The molecule has 0 saturated carbocycles. The van der Waals surface area contributed by atoms with Crippen molar-refractivity contribution in [3.05, 3.63) is 82.1 Å². The van der Waals surface area contributed by atoms with Gasteiger partial charge in [-0.3, -0.25) is 4.79 Å². The second-order valence-corrected chi connectivity index (χ2v) is 6.57. The van der Waals surface area contributed by atoms with Gasteiger partial charge in [0.05, 0.1) is 0 Å². The lowest BCUT2D eigenvalue weighted by Gasteiger charge is -2.10. The lowest BCUT2D eigenvalue weighted by atomic mass is 10.1. The molecule has 2 N–H and O–H groups in total. The molecule has 5 nitrogen and oxygen atoms in total. The average Bonchev–Trinajstić information content (AvgIpc) is 2.67. The minimum absolute atomic E-state index is 0.273. The van der Waals surface area contributed by atoms with Crippen molar-refractivity contribution < 1.29 is 4.79 Å². The first kappa shape index (κ1) is 18.9. The smallest absolute Gasteiger partial charge is 0.274 e. The van der Waals surface area contributed by atoms with E-state index < -0.39 is 0 Å². The first-order valence-electron chi connectivity index (χ1n) is 8.78. The van der Waals surface area contributed by atoms with Gasteiger partial charge in [-0.25, -0.2) is 9.97 Å². The highest BCUT2D eigenvalue weighted by Gasteiger charge is 2.11. The standard InChI is InChI=1S/C21H21ClN4O/c1-3-15-8-10-17(11-9-15)25-20(27)19-12-14(2)24-21(26-19)23-13-16-6-4-5-7-18(16)22/h4-12H,3,13H2,1-2H3,(H,25,27)(H,23,24,26). The number of nitrogens with zero attached hydrogens (tertiary/aromatic N) is 2. The number of nitrogens with one attached hydrogen (secondary N) is 2. The molecule has 6 heteroatoms. The van der Waals surface area contributed by atoms with Crippen LogP contribution in [0.1, 0.15) is 34.2 Å². The van der Waals surface area contributed by atoms with Gasteiger partial charge < -0.3 is 10.6 Å². The Morgan fingerprint density at radius 1 is 1.07 bits per heavy atom. The highest BCUT2D eigenvalue weighted by molar-refractivity contribution is 6.31. The van der Waals surface area contributed by atoms with E-state index in [9.17, 15) is 4.79 Å². The number of aromatic nitrogens is 2. The van der Waals surface area contributed by atoms with Crippen LogP contribution in [-0.4, -0.2) is 15.9 Å². The van der Waals surface area contributed by atoms with Crippen LogP contribution < -0.4 is 10.6 Å². The number of benzene rings is 2. The second kappa shape index (κ2) is 8.64. The average molecular weight is 381 g/mol. The minimum Gasteiger partial charge on any atom is -0.350 e. The van der Waals surface area contributed by atoms with Crippen molar-refractivity contribution in [2.24, 2.45) is 0 Å². The number of amides is 1. The molecule has 0 radical (unpaired) electrons. The molecule has 0 fully saturated rings. The summed E-state index contributed by atoms with van der Waals surface area (Å²) < 4.78 is 0. The van der Waals surface area contributed by atoms with Gasteiger partial charge in [-0.2, -0.15) is 0 Å². The molecule has 0 aliphatic heterocycles. The largest absolute Gasteiger partial charge is 0.350 e. The van der Waals surface area contributed by atoms with Crippen LogP contribution in [0.5, 0.6) is 0 Å². The van der Waals surface area contributed by atoms with Crippen molar-refractivity contribution >= 4 is 29.1 Å². The third-order valence-electron chi connectivity index (χ3n) is 4.10. The number of hydrogen-bond donors (Lipinski definition) is 2. The Labute approximate surface area is 163 Å². The molecule has 1 heterocycles. The monoisotopic (exact) mass is 380 g/mol. The fourth-order valence-corrected chi connectivity index (χ4v) is 2.80. The predicted octanol–water partition coefficient (Wildman–Crippen LogP) is 4.87. The van der Waals surface area contributed by atoms with E-state index in [0.29, 0.717) is 28.9 Å². The number of halogens is 1. The molecule has 2 aromatic carbocycles. The Hall–Kier alpha value is -2.92. The first-order chi connectivity index (χ1) is 13.0. The van der Waals surface area contributed by atoms with Crippen LogP contribution in [0.25, 0.3) is 0 Å². The summed E-state index contributed by atoms with van der Waals surface area (Å²) in [5.41, 5.74) is 3.91. The highest BCUT2D eigenvalue weighted by Crippen LogP contribution is 2.17. The fourth-order valence-electron chi connectivity index (χ4n) is 2.60. The van der Waals surface area contributed by atoms with Gasteiger partial charge in [0, 0.05) is 22.9 Å². The van der Waals surface area contributed by atoms with Crippen molar-refractivity contribution in [1.82, 2.24) is 9.97 Å². The minimum atomic E-state index is -0.273. The highest BCUT2D eigenvalue weighted by atomic mass is 35.5. The van der Waals surface area contributed by atoms with Gasteiger partial charge in [-0.05, 0) is 48.7 Å². The summed E-state index contributed by atoms with van der Waals surface area (Å²) in [4.78, 5) is 21.2. The van der Waals surface area contributed by atoms with E-state index >= 15 is 0 Å². The molecule has 0 saturated heterocycles. The van der Waals surface area contributed by atoms with E-state index in [4.69, 9.17) is 11.6 Å². The summed E-state index contributed by atoms with van der Waals surface area (Å²) in [7, 11) is 0. The zero-order chi connectivity index (χ0) is 19.2. The van der Waals surface area contributed by atoms with Crippen LogP contribution in [0.3, 0.4) is 0 Å². The van der Waals surface area contributed by atoms with Crippen LogP contribution in [0, 0.1) is 6.92 Å². The summed E-state index contributed by atoms with van der Waals surface area (Å²) in [6.45, 7) is 4.40. The Morgan fingerprint density at radius 3 is 2.52 bits per heavy atom. The van der Waals surface area contributed by atoms with Gasteiger partial charge in [-0.15, -0.1) is 0 Å². The predicted molar refractivity (Wildman–Crippen MR) is 109 cm³/mol. The summed E-state index contributed by atoms with van der Waals surface area (Å²) in [5, 5.41) is 6.67.